The number of amides is 1. The van der Waals surface area contributed by atoms with E-state index in [1.54, 1.807) is 24.3 Å². The van der Waals surface area contributed by atoms with Gasteiger partial charge < -0.3 is 35.7 Å². The first-order valence-corrected chi connectivity index (χ1v) is 10.8. The molecule has 0 saturated carbocycles. The number of hydrogen-bond acceptors (Lipinski definition) is 7. The van der Waals surface area contributed by atoms with E-state index in [4.69, 9.17) is 28.3 Å². The number of carbonyl (C=O) groups is 1. The first-order valence-electron chi connectivity index (χ1n) is 10.0. The summed E-state index contributed by atoms with van der Waals surface area (Å²) in [5.41, 5.74) is 3.25. The van der Waals surface area contributed by atoms with Crippen LogP contribution < -0.4 is 5.32 Å². The van der Waals surface area contributed by atoms with E-state index in [-0.39, 0.29) is 18.3 Å². The summed E-state index contributed by atoms with van der Waals surface area (Å²) in [4.78, 5) is 14.5. The van der Waals surface area contributed by atoms with E-state index < -0.39 is 36.9 Å². The average molecular weight is 522 g/mol. The van der Waals surface area contributed by atoms with Crippen LogP contribution in [-0.2, 0) is 11.3 Å². The maximum atomic E-state index is 12.4. The predicted molar refractivity (Wildman–Crippen MR) is 128 cm³/mol. The van der Waals surface area contributed by atoms with E-state index in [1.807, 2.05) is 19.2 Å². The Labute approximate surface area is 207 Å². The van der Waals surface area contributed by atoms with Crippen molar-refractivity contribution >= 4 is 47.2 Å². The summed E-state index contributed by atoms with van der Waals surface area (Å²) in [7, 11) is 1.98. The van der Waals surface area contributed by atoms with Crippen LogP contribution >= 0.6 is 35.6 Å². The van der Waals surface area contributed by atoms with Gasteiger partial charge in [-0.2, -0.15) is 0 Å². The number of aliphatic hydroxyl groups is 5. The molecule has 0 fully saturated rings. The molecule has 0 aliphatic carbocycles. The molecule has 1 aliphatic rings. The molecule has 6 N–H and O–H groups in total. The highest BCUT2D eigenvalue weighted by molar-refractivity contribution is 6.35. The molecule has 2 aromatic carbocycles. The molecule has 0 spiro atoms. The maximum absolute atomic E-state index is 12.4. The number of nitrogens with zero attached hydrogens (tertiary/aromatic N) is 1. The van der Waals surface area contributed by atoms with Gasteiger partial charge in [0.25, 0.3) is 5.91 Å². The molecule has 0 bridgehead atoms. The van der Waals surface area contributed by atoms with Crippen LogP contribution in [0.4, 0.5) is 5.69 Å². The fraction of sp³-hybridized carbons (Fsp3) is 0.409. The first-order chi connectivity index (χ1) is 15.1. The summed E-state index contributed by atoms with van der Waals surface area (Å²) in [5, 5.41) is 51.6. The van der Waals surface area contributed by atoms with Crippen molar-refractivity contribution in [3.05, 3.63) is 63.1 Å². The smallest absolute Gasteiger partial charge is 0.256 e. The van der Waals surface area contributed by atoms with Gasteiger partial charge in [0.15, 0.2) is 6.10 Å². The van der Waals surface area contributed by atoms with Crippen LogP contribution in [0.5, 0.6) is 0 Å². The van der Waals surface area contributed by atoms with Gasteiger partial charge in [-0.05, 0) is 48.0 Å². The minimum atomic E-state index is -2.02. The highest BCUT2D eigenvalue weighted by Crippen LogP contribution is 2.38. The van der Waals surface area contributed by atoms with E-state index in [0.29, 0.717) is 28.8 Å². The molecule has 1 aliphatic heterocycles. The van der Waals surface area contributed by atoms with E-state index in [0.717, 1.165) is 16.7 Å². The summed E-state index contributed by atoms with van der Waals surface area (Å²) in [6, 6.07) is 10.6. The number of carbonyl (C=O) groups excluding carboxylic acids is 1. The molecule has 0 saturated heterocycles. The van der Waals surface area contributed by atoms with Crippen molar-refractivity contribution in [1.82, 2.24) is 4.90 Å². The van der Waals surface area contributed by atoms with E-state index in [2.05, 4.69) is 10.2 Å². The van der Waals surface area contributed by atoms with Crippen molar-refractivity contribution < 1.29 is 30.3 Å². The summed E-state index contributed by atoms with van der Waals surface area (Å²) in [6.45, 7) is 0.554. The zero-order chi connectivity index (χ0) is 23.6. The molecular weight excluding hydrogens is 495 g/mol. The van der Waals surface area contributed by atoms with Crippen molar-refractivity contribution in [2.75, 3.05) is 25.5 Å². The van der Waals surface area contributed by atoms with Crippen LogP contribution in [0.15, 0.2) is 36.4 Å². The maximum Gasteiger partial charge on any atom is 0.256 e. The number of likely N-dealkylation sites (N-methyl/N-ethyl adjacent to an activating group) is 1. The third-order valence-electron chi connectivity index (χ3n) is 5.57. The molecule has 0 radical (unpaired) electrons. The lowest BCUT2D eigenvalue weighted by Crippen LogP contribution is -2.50. The highest BCUT2D eigenvalue weighted by Gasteiger charge is 2.34. The standard InChI is InChI=1S/C22H26Cl2N2O6.ClH/c1-26-8-15(14-6-12(23)7-17(24)16(14)9-26)11-3-2-4-13(5-11)25-22(32)21(31)20(30)19(29)18(28)10-27;/h2-7,15,18-21,27-31H,8-10H2,1H3,(H,25,32);1H/t15?,18-,19-,20+,21-;/m1./s1. The number of nitrogens with one attached hydrogen (secondary N) is 1. The second-order valence-electron chi connectivity index (χ2n) is 8.00. The van der Waals surface area contributed by atoms with Crippen molar-refractivity contribution in [2.45, 2.75) is 36.9 Å². The molecule has 2 aromatic rings. The Bertz CT molecular complexity index is 979. The third kappa shape index (κ3) is 6.36. The van der Waals surface area contributed by atoms with E-state index >= 15 is 0 Å². The SMILES string of the molecule is CN1Cc2c(Cl)cc(Cl)cc2C(c2cccc(NC(=O)[C@H](O)[C@@H](O)[C@H](O)[C@H](O)CO)c2)C1.Cl. The Morgan fingerprint density at radius 2 is 1.85 bits per heavy atom. The van der Waals surface area contributed by atoms with Crippen LogP contribution in [0.1, 0.15) is 22.6 Å². The molecule has 3 rings (SSSR count). The lowest BCUT2D eigenvalue weighted by atomic mass is 9.84. The van der Waals surface area contributed by atoms with Gasteiger partial charge in [0.05, 0.1) is 6.61 Å². The Hall–Kier alpha value is -1.46. The minimum Gasteiger partial charge on any atom is -0.394 e. The number of rotatable bonds is 7. The number of benzene rings is 2. The number of halogens is 3. The van der Waals surface area contributed by atoms with Crippen LogP contribution in [0.2, 0.25) is 10.0 Å². The Kier molecular flexibility index (Phi) is 9.93. The normalized spacial score (nSPS) is 19.6. The second-order valence-corrected chi connectivity index (χ2v) is 8.84. The van der Waals surface area contributed by atoms with Gasteiger partial charge in [0, 0.05) is 34.7 Å². The van der Waals surface area contributed by atoms with E-state index in [1.165, 1.54) is 0 Å². The van der Waals surface area contributed by atoms with Gasteiger partial charge in [0.2, 0.25) is 0 Å². The van der Waals surface area contributed by atoms with Gasteiger partial charge in [0.1, 0.15) is 18.3 Å². The molecule has 33 heavy (non-hydrogen) atoms. The van der Waals surface area contributed by atoms with Gasteiger partial charge in [-0.3, -0.25) is 4.79 Å². The summed E-state index contributed by atoms with van der Waals surface area (Å²) < 4.78 is 0. The Morgan fingerprint density at radius 3 is 2.52 bits per heavy atom. The molecule has 1 heterocycles. The van der Waals surface area contributed by atoms with Crippen molar-refractivity contribution in [2.24, 2.45) is 0 Å². The van der Waals surface area contributed by atoms with Crippen LogP contribution in [0.25, 0.3) is 0 Å². The van der Waals surface area contributed by atoms with Gasteiger partial charge in [-0.25, -0.2) is 0 Å². The fourth-order valence-corrected chi connectivity index (χ4v) is 4.43. The highest BCUT2D eigenvalue weighted by atomic mass is 35.5. The largest absolute Gasteiger partial charge is 0.394 e. The molecule has 5 atom stereocenters. The van der Waals surface area contributed by atoms with Gasteiger partial charge >= 0.3 is 0 Å². The third-order valence-corrected chi connectivity index (χ3v) is 6.13. The Balaban J connectivity index is 0.00000385. The van der Waals surface area contributed by atoms with Crippen LogP contribution in [0, 0.1) is 0 Å². The minimum absolute atomic E-state index is 0. The number of fused-ring (bicyclic) bond motifs is 1. The first kappa shape index (κ1) is 27.8. The van der Waals surface area contributed by atoms with E-state index in [9.17, 15) is 25.2 Å². The monoisotopic (exact) mass is 520 g/mol. The van der Waals surface area contributed by atoms with Gasteiger partial charge in [-0.15, -0.1) is 12.4 Å². The number of aliphatic hydroxyl groups excluding tert-OH is 5. The topological polar surface area (TPSA) is 133 Å². The van der Waals surface area contributed by atoms with Crippen molar-refractivity contribution in [3.8, 4) is 0 Å². The molecule has 11 heteroatoms. The summed E-state index contributed by atoms with van der Waals surface area (Å²) >= 11 is 12.6. The zero-order valence-corrected chi connectivity index (χ0v) is 20.1. The molecule has 8 nitrogen and oxygen atoms in total. The lowest BCUT2D eigenvalue weighted by Gasteiger charge is -2.33. The van der Waals surface area contributed by atoms with Crippen LogP contribution in [0.3, 0.4) is 0 Å². The number of hydrogen-bond donors (Lipinski definition) is 6. The van der Waals surface area contributed by atoms with Gasteiger partial charge in [-0.1, -0.05) is 35.3 Å². The fourth-order valence-electron chi connectivity index (χ4n) is 3.86. The van der Waals surface area contributed by atoms with Crippen molar-refractivity contribution in [3.63, 3.8) is 0 Å². The molecule has 0 aromatic heterocycles. The molecule has 182 valence electrons. The Morgan fingerprint density at radius 1 is 1.15 bits per heavy atom. The molecule has 1 unspecified atom stereocenters. The van der Waals surface area contributed by atoms with Crippen molar-refractivity contribution in [1.29, 1.82) is 0 Å². The predicted octanol–water partition coefficient (Wildman–Crippen LogP) is 1.37. The molecule has 1 amide bonds. The van der Waals surface area contributed by atoms with Crippen LogP contribution in [-0.4, -0.2) is 81.0 Å². The average Bonchev–Trinajstić information content (AvgIpc) is 2.77. The summed E-state index contributed by atoms with van der Waals surface area (Å²) in [6.07, 6.45) is -7.59. The zero-order valence-electron chi connectivity index (χ0n) is 17.7. The second kappa shape index (κ2) is 11.8. The number of anilines is 1. The lowest BCUT2D eigenvalue weighted by molar-refractivity contribution is -0.144. The quantitative estimate of drug-likeness (QED) is 0.324. The molecular formula is C22H27Cl3N2O6. The summed E-state index contributed by atoms with van der Waals surface area (Å²) in [5.74, 6) is -1.03.